The van der Waals surface area contributed by atoms with Gasteiger partial charge in [0.25, 0.3) is 5.91 Å². The summed E-state index contributed by atoms with van der Waals surface area (Å²) in [5, 5.41) is 9.53. The second-order valence-electron chi connectivity index (χ2n) is 5.38. The fourth-order valence-electron chi connectivity index (χ4n) is 2.79. The summed E-state index contributed by atoms with van der Waals surface area (Å²) in [4.78, 5) is 25.5. The predicted molar refractivity (Wildman–Crippen MR) is 85.1 cm³/mol. The average Bonchev–Trinajstić information content (AvgIpc) is 2.89. The quantitative estimate of drug-likeness (QED) is 0.860. The number of carbonyl (C=O) groups excluding carboxylic acids is 1. The van der Waals surface area contributed by atoms with Crippen molar-refractivity contribution in [2.45, 2.75) is 31.9 Å². The van der Waals surface area contributed by atoms with Crippen LogP contribution >= 0.6 is 11.6 Å². The van der Waals surface area contributed by atoms with Gasteiger partial charge in [-0.25, -0.2) is 0 Å². The molecule has 0 saturated carbocycles. The highest BCUT2D eigenvalue weighted by Crippen LogP contribution is 2.29. The van der Waals surface area contributed by atoms with E-state index < -0.39 is 12.0 Å². The predicted octanol–water partition coefficient (Wildman–Crippen LogP) is 2.44. The number of methoxy groups -OCH3 is 1. The summed E-state index contributed by atoms with van der Waals surface area (Å²) in [6.45, 7) is 2.58. The van der Waals surface area contributed by atoms with Gasteiger partial charge >= 0.3 is 5.97 Å². The van der Waals surface area contributed by atoms with E-state index in [2.05, 4.69) is 0 Å². The first kappa shape index (κ1) is 17.6. The van der Waals surface area contributed by atoms with E-state index in [9.17, 15) is 9.59 Å². The van der Waals surface area contributed by atoms with Crippen molar-refractivity contribution in [2.24, 2.45) is 0 Å². The number of benzene rings is 1. The summed E-state index contributed by atoms with van der Waals surface area (Å²) in [5.74, 6) is -0.804. The van der Waals surface area contributed by atoms with Crippen LogP contribution in [-0.4, -0.2) is 54.3 Å². The molecule has 1 heterocycles. The topological polar surface area (TPSA) is 76.1 Å². The Labute approximate surface area is 139 Å². The van der Waals surface area contributed by atoms with Crippen molar-refractivity contribution in [3.05, 3.63) is 28.8 Å². The second-order valence-corrected chi connectivity index (χ2v) is 5.81. The number of hydrogen-bond acceptors (Lipinski definition) is 4. The minimum absolute atomic E-state index is 0.108. The number of carboxylic acids is 1. The molecule has 0 aromatic heterocycles. The molecule has 0 spiro atoms. The third-order valence-electron chi connectivity index (χ3n) is 3.85. The maximum atomic E-state index is 12.9. The van der Waals surface area contributed by atoms with Gasteiger partial charge < -0.3 is 19.5 Å². The first-order chi connectivity index (χ1) is 11.0. The van der Waals surface area contributed by atoms with Crippen LogP contribution < -0.4 is 4.74 Å². The zero-order valence-corrected chi connectivity index (χ0v) is 13.9. The molecule has 1 aliphatic rings. The molecule has 1 fully saturated rings. The van der Waals surface area contributed by atoms with Crippen LogP contribution in [0.1, 0.15) is 30.1 Å². The monoisotopic (exact) mass is 341 g/mol. The highest BCUT2D eigenvalue weighted by atomic mass is 35.5. The summed E-state index contributed by atoms with van der Waals surface area (Å²) >= 11 is 5.96. The zero-order chi connectivity index (χ0) is 17.0. The molecular formula is C16H20ClNO5. The van der Waals surface area contributed by atoms with Gasteiger partial charge in [-0.05, 0) is 31.5 Å². The van der Waals surface area contributed by atoms with Gasteiger partial charge in [-0.3, -0.25) is 9.59 Å². The summed E-state index contributed by atoms with van der Waals surface area (Å²) in [5.41, 5.74) is 0.378. The number of carbonyl (C=O) groups is 2. The number of carboxylic acid groups (broad SMARTS) is 1. The Hall–Kier alpha value is -1.79. The van der Waals surface area contributed by atoms with Crippen LogP contribution in [0.2, 0.25) is 5.02 Å². The van der Waals surface area contributed by atoms with Crippen LogP contribution in [0.25, 0.3) is 0 Å². The largest absolute Gasteiger partial charge is 0.493 e. The van der Waals surface area contributed by atoms with Crippen LogP contribution in [0.4, 0.5) is 0 Å². The summed E-state index contributed by atoms with van der Waals surface area (Å²) in [6, 6.07) is 4.42. The Balaban J connectivity index is 2.28. The molecule has 0 aliphatic carbocycles. The standard InChI is InChI=1S/C16H20ClNO5/c1-3-23-14-6-10(17)4-5-13(14)16(21)18-9-12(22-2)7-11(18)8-15(19)20/h4-6,11-12H,3,7-9H2,1-2H3,(H,19,20). The average molecular weight is 342 g/mol. The second kappa shape index (κ2) is 7.66. The molecule has 6 nitrogen and oxygen atoms in total. The lowest BCUT2D eigenvalue weighted by atomic mass is 10.1. The van der Waals surface area contributed by atoms with Crippen molar-refractivity contribution < 1.29 is 24.2 Å². The van der Waals surface area contributed by atoms with Crippen LogP contribution in [-0.2, 0) is 9.53 Å². The minimum Gasteiger partial charge on any atom is -0.493 e. The number of aliphatic carboxylic acids is 1. The SMILES string of the molecule is CCOc1cc(Cl)ccc1C(=O)N1CC(OC)CC1CC(=O)O. The van der Waals surface area contributed by atoms with E-state index in [0.717, 1.165) is 0 Å². The van der Waals surface area contributed by atoms with E-state index in [0.29, 0.717) is 35.9 Å². The van der Waals surface area contributed by atoms with Crippen LogP contribution in [0.15, 0.2) is 18.2 Å². The number of ether oxygens (including phenoxy) is 2. The molecule has 0 radical (unpaired) electrons. The van der Waals surface area contributed by atoms with E-state index in [1.807, 2.05) is 6.92 Å². The van der Waals surface area contributed by atoms with Crippen LogP contribution in [0.3, 0.4) is 0 Å². The molecule has 1 N–H and O–H groups in total. The van der Waals surface area contributed by atoms with E-state index in [1.54, 1.807) is 30.2 Å². The lowest BCUT2D eigenvalue weighted by Crippen LogP contribution is -2.37. The number of amides is 1. The van der Waals surface area contributed by atoms with Gasteiger partial charge in [-0.2, -0.15) is 0 Å². The number of halogens is 1. The van der Waals surface area contributed by atoms with Crippen molar-refractivity contribution in [3.63, 3.8) is 0 Å². The van der Waals surface area contributed by atoms with Crippen molar-refractivity contribution >= 4 is 23.5 Å². The lowest BCUT2D eigenvalue weighted by molar-refractivity contribution is -0.137. The van der Waals surface area contributed by atoms with Gasteiger partial charge in [0.05, 0.1) is 24.7 Å². The Morgan fingerprint density at radius 3 is 2.78 bits per heavy atom. The normalized spacial score (nSPS) is 20.6. The molecule has 1 amide bonds. The summed E-state index contributed by atoms with van der Waals surface area (Å²) in [6.07, 6.45) is 0.237. The van der Waals surface area contributed by atoms with Gasteiger partial charge in [-0.15, -0.1) is 0 Å². The molecule has 23 heavy (non-hydrogen) atoms. The van der Waals surface area contributed by atoms with Crippen molar-refractivity contribution in [1.82, 2.24) is 4.90 Å². The van der Waals surface area contributed by atoms with Gasteiger partial charge in [0.15, 0.2) is 0 Å². The molecule has 1 aromatic rings. The maximum absolute atomic E-state index is 12.9. The molecule has 1 aliphatic heterocycles. The Bertz CT molecular complexity index is 592. The first-order valence-corrected chi connectivity index (χ1v) is 7.82. The molecular weight excluding hydrogens is 322 g/mol. The highest BCUT2D eigenvalue weighted by Gasteiger charge is 2.37. The van der Waals surface area contributed by atoms with Crippen molar-refractivity contribution in [3.8, 4) is 5.75 Å². The number of nitrogens with zero attached hydrogens (tertiary/aromatic N) is 1. The van der Waals surface area contributed by atoms with Gasteiger partial charge in [0.1, 0.15) is 5.75 Å². The van der Waals surface area contributed by atoms with E-state index in [4.69, 9.17) is 26.2 Å². The number of hydrogen-bond donors (Lipinski definition) is 1. The molecule has 1 aromatic carbocycles. The molecule has 2 unspecified atom stereocenters. The molecule has 1 saturated heterocycles. The Morgan fingerprint density at radius 1 is 1.43 bits per heavy atom. The minimum atomic E-state index is -0.939. The summed E-state index contributed by atoms with van der Waals surface area (Å²) in [7, 11) is 1.56. The van der Waals surface area contributed by atoms with E-state index in [-0.39, 0.29) is 18.4 Å². The first-order valence-electron chi connectivity index (χ1n) is 7.44. The van der Waals surface area contributed by atoms with Gasteiger partial charge in [0.2, 0.25) is 0 Å². The smallest absolute Gasteiger partial charge is 0.305 e. The summed E-state index contributed by atoms with van der Waals surface area (Å²) < 4.78 is 10.8. The Morgan fingerprint density at radius 2 is 2.17 bits per heavy atom. The van der Waals surface area contributed by atoms with Crippen LogP contribution in [0, 0.1) is 0 Å². The number of likely N-dealkylation sites (tertiary alicyclic amines) is 1. The number of rotatable bonds is 6. The van der Waals surface area contributed by atoms with Crippen LogP contribution in [0.5, 0.6) is 5.75 Å². The van der Waals surface area contributed by atoms with Gasteiger partial charge in [0, 0.05) is 24.7 Å². The molecule has 126 valence electrons. The third-order valence-corrected chi connectivity index (χ3v) is 4.09. The Kier molecular flexibility index (Phi) is 5.85. The third kappa shape index (κ3) is 4.14. The van der Waals surface area contributed by atoms with E-state index >= 15 is 0 Å². The molecule has 0 bridgehead atoms. The van der Waals surface area contributed by atoms with Gasteiger partial charge in [-0.1, -0.05) is 11.6 Å². The highest BCUT2D eigenvalue weighted by molar-refractivity contribution is 6.30. The van der Waals surface area contributed by atoms with Crippen molar-refractivity contribution in [2.75, 3.05) is 20.3 Å². The molecule has 2 atom stereocenters. The zero-order valence-electron chi connectivity index (χ0n) is 13.1. The maximum Gasteiger partial charge on any atom is 0.305 e. The lowest BCUT2D eigenvalue weighted by Gasteiger charge is -2.24. The van der Waals surface area contributed by atoms with Crippen molar-refractivity contribution in [1.29, 1.82) is 0 Å². The fourth-order valence-corrected chi connectivity index (χ4v) is 2.95. The molecule has 7 heteroatoms. The molecule has 2 rings (SSSR count). The van der Waals surface area contributed by atoms with E-state index in [1.165, 1.54) is 0 Å². The fraction of sp³-hybridized carbons (Fsp3) is 0.500.